The molecule has 0 aliphatic carbocycles. The Bertz CT molecular complexity index is 213. The number of aliphatic hydroxyl groups excluding tert-OH is 1. The molecule has 1 amide bonds. The molecule has 3 N–H and O–H groups in total. The third-order valence-electron chi connectivity index (χ3n) is 3.25. The molecule has 0 radical (unpaired) electrons. The molecule has 1 saturated heterocycles. The van der Waals surface area contributed by atoms with Crippen LogP contribution in [0.2, 0.25) is 0 Å². The molecule has 17 heavy (non-hydrogen) atoms. The van der Waals surface area contributed by atoms with Crippen molar-refractivity contribution in [2.24, 2.45) is 0 Å². The van der Waals surface area contributed by atoms with Crippen LogP contribution in [0.15, 0.2) is 0 Å². The topological polar surface area (TPSA) is 61.4 Å². The molecule has 1 aliphatic rings. The van der Waals surface area contributed by atoms with Gasteiger partial charge in [-0.1, -0.05) is 6.42 Å². The first-order valence-electron chi connectivity index (χ1n) is 6.86. The van der Waals surface area contributed by atoms with Gasteiger partial charge < -0.3 is 15.7 Å². The summed E-state index contributed by atoms with van der Waals surface area (Å²) < 4.78 is 0. The molecule has 0 aromatic heterocycles. The molecule has 2 atom stereocenters. The van der Waals surface area contributed by atoms with Crippen molar-refractivity contribution in [3.8, 4) is 0 Å². The zero-order chi connectivity index (χ0) is 12.5. The molecule has 0 aromatic carbocycles. The van der Waals surface area contributed by atoms with Gasteiger partial charge in [-0.15, -0.1) is 0 Å². The van der Waals surface area contributed by atoms with E-state index in [1.807, 2.05) is 0 Å². The van der Waals surface area contributed by atoms with E-state index in [-0.39, 0.29) is 12.0 Å². The first kappa shape index (κ1) is 14.5. The zero-order valence-corrected chi connectivity index (χ0v) is 10.9. The molecule has 0 saturated carbocycles. The Hall–Kier alpha value is -0.610. The van der Waals surface area contributed by atoms with Crippen molar-refractivity contribution in [3.05, 3.63) is 0 Å². The Balaban J connectivity index is 1.96. The van der Waals surface area contributed by atoms with E-state index >= 15 is 0 Å². The number of piperidine rings is 1. The zero-order valence-electron chi connectivity index (χ0n) is 10.9. The summed E-state index contributed by atoms with van der Waals surface area (Å²) in [7, 11) is 0. The molecule has 0 bridgehead atoms. The molecule has 1 aliphatic heterocycles. The highest BCUT2D eigenvalue weighted by Crippen LogP contribution is 2.11. The lowest BCUT2D eigenvalue weighted by Crippen LogP contribution is -2.35. The average molecular weight is 242 g/mol. The molecule has 1 heterocycles. The normalized spacial score (nSPS) is 22.1. The summed E-state index contributed by atoms with van der Waals surface area (Å²) in [6.07, 6.45) is 6.66. The Labute approximate surface area is 104 Å². The summed E-state index contributed by atoms with van der Waals surface area (Å²) in [6, 6.07) is 0.534. The first-order chi connectivity index (χ1) is 8.18. The summed E-state index contributed by atoms with van der Waals surface area (Å²) in [6.45, 7) is 3.55. The number of carbonyl (C=O) groups excluding carboxylic acids is 1. The second-order valence-electron chi connectivity index (χ2n) is 5.03. The van der Waals surface area contributed by atoms with Gasteiger partial charge in [0.25, 0.3) is 0 Å². The molecule has 4 nitrogen and oxygen atoms in total. The number of rotatable bonds is 7. The summed E-state index contributed by atoms with van der Waals surface area (Å²) in [4.78, 5) is 11.5. The first-order valence-corrected chi connectivity index (χ1v) is 6.86. The number of aliphatic hydroxyl groups is 1. The van der Waals surface area contributed by atoms with Gasteiger partial charge in [0.2, 0.25) is 5.91 Å². The second kappa shape index (κ2) is 8.48. The van der Waals surface area contributed by atoms with Crippen LogP contribution in [0.3, 0.4) is 0 Å². The number of hydrogen-bond donors (Lipinski definition) is 3. The summed E-state index contributed by atoms with van der Waals surface area (Å²) in [5.74, 6) is 0.142. The van der Waals surface area contributed by atoms with Gasteiger partial charge in [0.1, 0.15) is 0 Å². The van der Waals surface area contributed by atoms with Crippen LogP contribution in [0.1, 0.15) is 51.9 Å². The predicted octanol–water partition coefficient (Wildman–Crippen LogP) is 1.19. The van der Waals surface area contributed by atoms with Crippen LogP contribution in [-0.4, -0.2) is 36.2 Å². The lowest BCUT2D eigenvalue weighted by Gasteiger charge is -2.23. The maximum Gasteiger partial charge on any atom is 0.220 e. The minimum Gasteiger partial charge on any atom is -0.393 e. The van der Waals surface area contributed by atoms with Crippen LogP contribution in [0, 0.1) is 0 Å². The van der Waals surface area contributed by atoms with Gasteiger partial charge in [0, 0.05) is 19.0 Å². The molecular formula is C13H26N2O2. The van der Waals surface area contributed by atoms with E-state index in [4.69, 9.17) is 5.11 Å². The lowest BCUT2D eigenvalue weighted by atomic mass is 10.0. The van der Waals surface area contributed by atoms with E-state index in [1.54, 1.807) is 6.92 Å². The van der Waals surface area contributed by atoms with Crippen molar-refractivity contribution in [2.45, 2.75) is 64.0 Å². The lowest BCUT2D eigenvalue weighted by molar-refractivity contribution is -0.121. The number of nitrogens with one attached hydrogen (secondary N) is 2. The van der Waals surface area contributed by atoms with Crippen molar-refractivity contribution < 1.29 is 9.90 Å². The number of amides is 1. The highest BCUT2D eigenvalue weighted by atomic mass is 16.3. The third-order valence-corrected chi connectivity index (χ3v) is 3.25. The minimum absolute atomic E-state index is 0.142. The molecule has 4 heteroatoms. The minimum atomic E-state index is -0.265. The van der Waals surface area contributed by atoms with Crippen molar-refractivity contribution in [1.82, 2.24) is 10.6 Å². The van der Waals surface area contributed by atoms with E-state index in [0.717, 1.165) is 25.8 Å². The van der Waals surface area contributed by atoms with Crippen molar-refractivity contribution >= 4 is 5.91 Å². The summed E-state index contributed by atoms with van der Waals surface area (Å²) in [5, 5.41) is 15.4. The fraction of sp³-hybridized carbons (Fsp3) is 0.923. The number of carbonyl (C=O) groups is 1. The smallest absolute Gasteiger partial charge is 0.220 e. The fourth-order valence-electron chi connectivity index (χ4n) is 2.19. The molecule has 1 fully saturated rings. The van der Waals surface area contributed by atoms with Crippen molar-refractivity contribution in [1.29, 1.82) is 0 Å². The van der Waals surface area contributed by atoms with Gasteiger partial charge in [0.15, 0.2) is 0 Å². The van der Waals surface area contributed by atoms with Gasteiger partial charge in [-0.3, -0.25) is 4.79 Å². The standard InChI is InChI=1S/C13H26N2O2/c1-11(16)5-4-10-15-13(17)8-7-12-6-2-3-9-14-12/h11-12,14,16H,2-10H2,1H3,(H,15,17). The highest BCUT2D eigenvalue weighted by Gasteiger charge is 2.13. The Morgan fingerprint density at radius 1 is 1.53 bits per heavy atom. The molecular weight excluding hydrogens is 216 g/mol. The molecule has 100 valence electrons. The second-order valence-corrected chi connectivity index (χ2v) is 5.03. The molecule has 0 spiro atoms. The Morgan fingerprint density at radius 3 is 3.00 bits per heavy atom. The monoisotopic (exact) mass is 242 g/mol. The largest absolute Gasteiger partial charge is 0.393 e. The van der Waals surface area contributed by atoms with Crippen LogP contribution in [0.25, 0.3) is 0 Å². The van der Waals surface area contributed by atoms with Crippen molar-refractivity contribution in [3.63, 3.8) is 0 Å². The summed E-state index contributed by atoms with van der Waals surface area (Å²) in [5.41, 5.74) is 0. The Morgan fingerprint density at radius 2 is 2.35 bits per heavy atom. The van der Waals surface area contributed by atoms with Crippen LogP contribution in [-0.2, 0) is 4.79 Å². The van der Waals surface area contributed by atoms with Crippen molar-refractivity contribution in [2.75, 3.05) is 13.1 Å². The predicted molar refractivity (Wildman–Crippen MR) is 68.8 cm³/mol. The summed E-state index contributed by atoms with van der Waals surface area (Å²) >= 11 is 0. The van der Waals surface area contributed by atoms with E-state index < -0.39 is 0 Å². The van der Waals surface area contributed by atoms with E-state index in [0.29, 0.717) is 19.0 Å². The number of hydrogen-bond acceptors (Lipinski definition) is 3. The van der Waals surface area contributed by atoms with Gasteiger partial charge in [0.05, 0.1) is 6.10 Å². The highest BCUT2D eigenvalue weighted by molar-refractivity contribution is 5.75. The van der Waals surface area contributed by atoms with Crippen LogP contribution < -0.4 is 10.6 Å². The SMILES string of the molecule is CC(O)CCCNC(=O)CCC1CCCCN1. The van der Waals surface area contributed by atoms with E-state index in [1.165, 1.54) is 19.3 Å². The third kappa shape index (κ3) is 7.34. The van der Waals surface area contributed by atoms with Gasteiger partial charge in [-0.2, -0.15) is 0 Å². The fourth-order valence-corrected chi connectivity index (χ4v) is 2.19. The van der Waals surface area contributed by atoms with Gasteiger partial charge >= 0.3 is 0 Å². The van der Waals surface area contributed by atoms with Crippen LogP contribution in [0.5, 0.6) is 0 Å². The van der Waals surface area contributed by atoms with Crippen LogP contribution in [0.4, 0.5) is 0 Å². The average Bonchev–Trinajstić information content (AvgIpc) is 2.33. The molecule has 2 unspecified atom stereocenters. The Kier molecular flexibility index (Phi) is 7.21. The van der Waals surface area contributed by atoms with E-state index in [9.17, 15) is 4.79 Å². The maximum absolute atomic E-state index is 11.5. The quantitative estimate of drug-likeness (QED) is 0.588. The van der Waals surface area contributed by atoms with Gasteiger partial charge in [-0.05, 0) is 45.6 Å². The molecule has 1 rings (SSSR count). The van der Waals surface area contributed by atoms with Crippen LogP contribution >= 0.6 is 0 Å². The molecule has 0 aromatic rings. The van der Waals surface area contributed by atoms with E-state index in [2.05, 4.69) is 10.6 Å². The maximum atomic E-state index is 11.5. The van der Waals surface area contributed by atoms with Gasteiger partial charge in [-0.25, -0.2) is 0 Å².